The van der Waals surface area contributed by atoms with Crippen molar-refractivity contribution in [2.24, 2.45) is 0 Å². The van der Waals surface area contributed by atoms with Gasteiger partial charge in [-0.15, -0.1) is 0 Å². The molecule has 2 nitrogen and oxygen atoms in total. The Morgan fingerprint density at radius 3 is 3.00 bits per heavy atom. The molecule has 1 N–H and O–H groups in total. The zero-order chi connectivity index (χ0) is 10.8. The lowest BCUT2D eigenvalue weighted by molar-refractivity contribution is 0.236. The summed E-state index contributed by atoms with van der Waals surface area (Å²) in [6.07, 6.45) is 0.897. The minimum Gasteiger partial charge on any atom is -0.490 e. The van der Waals surface area contributed by atoms with E-state index in [1.54, 1.807) is 6.07 Å². The maximum Gasteiger partial charge on any atom is 0.165 e. The summed E-state index contributed by atoms with van der Waals surface area (Å²) in [5.74, 6) is 0.157. The van der Waals surface area contributed by atoms with Crippen LogP contribution in [0, 0.1) is 5.82 Å². The summed E-state index contributed by atoms with van der Waals surface area (Å²) >= 11 is 0. The van der Waals surface area contributed by atoms with E-state index in [0.717, 1.165) is 12.0 Å². The lowest BCUT2D eigenvalue weighted by Gasteiger charge is -2.28. The van der Waals surface area contributed by atoms with Gasteiger partial charge in [-0.3, -0.25) is 0 Å². The maximum atomic E-state index is 13.4. The van der Waals surface area contributed by atoms with Gasteiger partial charge >= 0.3 is 0 Å². The van der Waals surface area contributed by atoms with Crippen molar-refractivity contribution in [2.45, 2.75) is 32.4 Å². The molecule has 0 aromatic heterocycles. The van der Waals surface area contributed by atoms with Crippen molar-refractivity contribution < 1.29 is 9.13 Å². The van der Waals surface area contributed by atoms with E-state index >= 15 is 0 Å². The predicted octanol–water partition coefficient (Wildman–Crippen LogP) is 2.65. The zero-order valence-electron chi connectivity index (χ0n) is 9.09. The smallest absolute Gasteiger partial charge is 0.165 e. The normalized spacial score (nSPS) is 19.9. The molecule has 1 aliphatic heterocycles. The third-order valence-electron chi connectivity index (χ3n) is 2.56. The van der Waals surface area contributed by atoms with E-state index in [2.05, 4.69) is 19.2 Å². The van der Waals surface area contributed by atoms with Crippen LogP contribution in [-0.2, 0) is 0 Å². The van der Waals surface area contributed by atoms with Gasteiger partial charge in [0.25, 0.3) is 0 Å². The van der Waals surface area contributed by atoms with Gasteiger partial charge < -0.3 is 10.1 Å². The van der Waals surface area contributed by atoms with E-state index in [9.17, 15) is 4.39 Å². The highest BCUT2D eigenvalue weighted by Crippen LogP contribution is 2.34. The van der Waals surface area contributed by atoms with Gasteiger partial charge in [0.05, 0.1) is 6.61 Å². The number of nitrogens with one attached hydrogen (secondary N) is 1. The second-order valence-corrected chi connectivity index (χ2v) is 4.17. The second-order valence-electron chi connectivity index (χ2n) is 4.17. The molecule has 82 valence electrons. The van der Waals surface area contributed by atoms with E-state index in [1.165, 1.54) is 6.07 Å². The monoisotopic (exact) mass is 209 g/mol. The fraction of sp³-hybridized carbons (Fsp3) is 0.500. The van der Waals surface area contributed by atoms with Gasteiger partial charge in [0.2, 0.25) is 0 Å². The molecule has 1 aromatic rings. The number of hydrogen-bond acceptors (Lipinski definition) is 2. The average Bonchev–Trinajstić information content (AvgIpc) is 2.19. The molecule has 0 aliphatic carbocycles. The third-order valence-corrected chi connectivity index (χ3v) is 2.56. The molecule has 2 rings (SSSR count). The van der Waals surface area contributed by atoms with Crippen molar-refractivity contribution in [3.63, 3.8) is 0 Å². The molecule has 0 radical (unpaired) electrons. The molecule has 0 spiro atoms. The third kappa shape index (κ3) is 2.12. The number of ether oxygens (including phenoxy) is 1. The number of para-hydroxylation sites is 1. The van der Waals surface area contributed by atoms with Gasteiger partial charge in [-0.2, -0.15) is 0 Å². The molecular formula is C12H16FNO. The summed E-state index contributed by atoms with van der Waals surface area (Å²) in [7, 11) is 0. The van der Waals surface area contributed by atoms with Crippen LogP contribution >= 0.6 is 0 Å². The van der Waals surface area contributed by atoms with Crippen molar-refractivity contribution in [3.8, 4) is 5.75 Å². The molecule has 0 fully saturated rings. The van der Waals surface area contributed by atoms with E-state index < -0.39 is 0 Å². The minimum atomic E-state index is -0.261. The molecule has 0 saturated carbocycles. The van der Waals surface area contributed by atoms with Gasteiger partial charge in [0.1, 0.15) is 0 Å². The highest BCUT2D eigenvalue weighted by Gasteiger charge is 2.23. The first-order valence-electron chi connectivity index (χ1n) is 5.35. The molecule has 3 heteroatoms. The Labute approximate surface area is 89.4 Å². The molecule has 1 unspecified atom stereocenters. The second kappa shape index (κ2) is 4.19. The molecule has 1 aliphatic rings. The lowest BCUT2D eigenvalue weighted by atomic mass is 9.99. The number of benzene rings is 1. The standard InChI is InChI=1S/C12H16FNO/c1-8(2)14-11-6-7-15-12-9(11)4-3-5-10(12)13/h3-5,8,11,14H,6-7H2,1-2H3. The van der Waals surface area contributed by atoms with Gasteiger partial charge in [-0.05, 0) is 6.07 Å². The van der Waals surface area contributed by atoms with Crippen molar-refractivity contribution >= 4 is 0 Å². The fourth-order valence-corrected chi connectivity index (χ4v) is 1.96. The van der Waals surface area contributed by atoms with E-state index in [-0.39, 0.29) is 11.9 Å². The molecule has 1 aromatic carbocycles. The van der Waals surface area contributed by atoms with Crippen LogP contribution in [0.1, 0.15) is 31.9 Å². The first kappa shape index (κ1) is 10.4. The maximum absolute atomic E-state index is 13.4. The molecular weight excluding hydrogens is 193 g/mol. The van der Waals surface area contributed by atoms with Crippen molar-refractivity contribution in [3.05, 3.63) is 29.6 Å². The van der Waals surface area contributed by atoms with Crippen molar-refractivity contribution in [1.82, 2.24) is 5.32 Å². The van der Waals surface area contributed by atoms with Crippen LogP contribution in [0.4, 0.5) is 4.39 Å². The van der Waals surface area contributed by atoms with Crippen LogP contribution in [-0.4, -0.2) is 12.6 Å². The highest BCUT2D eigenvalue weighted by atomic mass is 19.1. The van der Waals surface area contributed by atoms with E-state index in [4.69, 9.17) is 4.74 Å². The fourth-order valence-electron chi connectivity index (χ4n) is 1.96. The lowest BCUT2D eigenvalue weighted by Crippen LogP contribution is -2.32. The Morgan fingerprint density at radius 2 is 2.27 bits per heavy atom. The average molecular weight is 209 g/mol. The SMILES string of the molecule is CC(C)NC1CCOc2c(F)cccc21. The summed E-state index contributed by atoms with van der Waals surface area (Å²) < 4.78 is 18.8. The molecule has 0 saturated heterocycles. The summed E-state index contributed by atoms with van der Waals surface area (Å²) in [6.45, 7) is 4.77. The van der Waals surface area contributed by atoms with Crippen LogP contribution in [0.25, 0.3) is 0 Å². The summed E-state index contributed by atoms with van der Waals surface area (Å²) in [5, 5.41) is 3.42. The number of rotatable bonds is 2. The Kier molecular flexibility index (Phi) is 2.91. The summed E-state index contributed by atoms with van der Waals surface area (Å²) in [5.41, 5.74) is 0.940. The molecule has 1 heterocycles. The van der Waals surface area contributed by atoms with Crippen molar-refractivity contribution in [1.29, 1.82) is 0 Å². The largest absolute Gasteiger partial charge is 0.490 e. The van der Waals surface area contributed by atoms with Crippen LogP contribution in [0.2, 0.25) is 0 Å². The van der Waals surface area contributed by atoms with Gasteiger partial charge in [0, 0.05) is 24.1 Å². The van der Waals surface area contributed by atoms with Gasteiger partial charge in [0.15, 0.2) is 11.6 Å². The number of fused-ring (bicyclic) bond motifs is 1. The van der Waals surface area contributed by atoms with Gasteiger partial charge in [-0.25, -0.2) is 4.39 Å². The van der Waals surface area contributed by atoms with E-state index in [1.807, 2.05) is 6.07 Å². The molecule has 15 heavy (non-hydrogen) atoms. The molecule has 0 bridgehead atoms. The molecule has 0 amide bonds. The first-order chi connectivity index (χ1) is 7.18. The number of halogens is 1. The van der Waals surface area contributed by atoms with Crippen molar-refractivity contribution in [2.75, 3.05) is 6.61 Å². The predicted molar refractivity (Wildman–Crippen MR) is 57.5 cm³/mol. The Bertz CT molecular complexity index is 351. The topological polar surface area (TPSA) is 21.3 Å². The number of hydrogen-bond donors (Lipinski definition) is 1. The van der Waals surface area contributed by atoms with Gasteiger partial charge in [-0.1, -0.05) is 26.0 Å². The Morgan fingerprint density at radius 1 is 1.47 bits per heavy atom. The zero-order valence-corrected chi connectivity index (χ0v) is 9.09. The molecule has 1 atom stereocenters. The van der Waals surface area contributed by atoms with Crippen LogP contribution < -0.4 is 10.1 Å². The summed E-state index contributed by atoms with van der Waals surface area (Å²) in [4.78, 5) is 0. The Hall–Kier alpha value is -1.09. The summed E-state index contributed by atoms with van der Waals surface area (Å²) in [6, 6.07) is 5.71. The minimum absolute atomic E-state index is 0.212. The van der Waals surface area contributed by atoms with Crippen LogP contribution in [0.5, 0.6) is 5.75 Å². The van der Waals surface area contributed by atoms with E-state index in [0.29, 0.717) is 18.4 Å². The van der Waals surface area contributed by atoms with Crippen LogP contribution in [0.3, 0.4) is 0 Å². The first-order valence-corrected chi connectivity index (χ1v) is 5.35. The highest BCUT2D eigenvalue weighted by molar-refractivity contribution is 5.38. The Balaban J connectivity index is 2.30. The van der Waals surface area contributed by atoms with Crippen LogP contribution in [0.15, 0.2) is 18.2 Å². The quantitative estimate of drug-likeness (QED) is 0.808.